The number of ether oxygens (including phenoxy) is 1. The Hall–Kier alpha value is -3.17. The molecule has 6 nitrogen and oxygen atoms in total. The van der Waals surface area contributed by atoms with Gasteiger partial charge in [-0.1, -0.05) is 12.1 Å². The molecule has 1 aliphatic rings. The molecule has 30 heavy (non-hydrogen) atoms. The second-order valence-electron chi connectivity index (χ2n) is 6.87. The summed E-state index contributed by atoms with van der Waals surface area (Å²) >= 11 is 1.20. The fourth-order valence-electron chi connectivity index (χ4n) is 3.29. The zero-order valence-corrected chi connectivity index (χ0v) is 16.5. The van der Waals surface area contributed by atoms with Gasteiger partial charge in [0.25, 0.3) is 0 Å². The predicted octanol–water partition coefficient (Wildman–Crippen LogP) is 4.52. The second-order valence-corrected chi connectivity index (χ2v) is 7.90. The highest BCUT2D eigenvalue weighted by atomic mass is 32.1. The van der Waals surface area contributed by atoms with Crippen LogP contribution in [0, 0.1) is 11.6 Å². The quantitative estimate of drug-likeness (QED) is 0.490. The maximum Gasteiger partial charge on any atom is 0.215 e. The average molecular weight is 425 g/mol. The van der Waals surface area contributed by atoms with Crippen LogP contribution in [0.5, 0.6) is 5.88 Å². The van der Waals surface area contributed by atoms with Crippen molar-refractivity contribution in [1.82, 2.24) is 20.3 Å². The van der Waals surface area contributed by atoms with Crippen molar-refractivity contribution >= 4 is 33.2 Å². The van der Waals surface area contributed by atoms with Crippen LogP contribution in [0.3, 0.4) is 0 Å². The van der Waals surface area contributed by atoms with Crippen LogP contribution in [0.2, 0.25) is 0 Å². The molecule has 9 heteroatoms. The Morgan fingerprint density at radius 2 is 1.90 bits per heavy atom. The molecule has 4 heterocycles. The van der Waals surface area contributed by atoms with Crippen LogP contribution in [0.25, 0.3) is 20.8 Å². The van der Waals surface area contributed by atoms with E-state index in [1.54, 1.807) is 12.3 Å². The average Bonchev–Trinajstić information content (AvgIpc) is 3.37. The number of pyridine rings is 2. The molecule has 1 fully saturated rings. The summed E-state index contributed by atoms with van der Waals surface area (Å²) < 4.78 is 34.8. The zero-order chi connectivity index (χ0) is 20.5. The lowest BCUT2D eigenvalue weighted by molar-refractivity contribution is 0.214. The van der Waals surface area contributed by atoms with Crippen molar-refractivity contribution < 1.29 is 13.5 Å². The highest BCUT2D eigenvalue weighted by molar-refractivity contribution is 7.21. The van der Waals surface area contributed by atoms with E-state index in [0.717, 1.165) is 24.2 Å². The van der Waals surface area contributed by atoms with E-state index >= 15 is 0 Å². The molecule has 0 radical (unpaired) electrons. The SMILES string of the molecule is Fc1cccc(F)c1-c1nc2cnc(Nc3cccc(O[C@H]4CCNC4)n3)cc2s1. The molecule has 5 rings (SSSR count). The third-order valence-corrected chi connectivity index (χ3v) is 5.77. The number of benzene rings is 1. The summed E-state index contributed by atoms with van der Waals surface area (Å²) in [6.07, 6.45) is 2.64. The molecule has 0 saturated carbocycles. The maximum atomic E-state index is 14.1. The van der Waals surface area contributed by atoms with Crippen LogP contribution in [-0.2, 0) is 0 Å². The fraction of sp³-hybridized carbons (Fsp3) is 0.190. The van der Waals surface area contributed by atoms with Gasteiger partial charge in [0, 0.05) is 18.7 Å². The summed E-state index contributed by atoms with van der Waals surface area (Å²) in [4.78, 5) is 13.1. The number of fused-ring (bicyclic) bond motifs is 1. The molecule has 1 aliphatic heterocycles. The van der Waals surface area contributed by atoms with Gasteiger partial charge in [-0.25, -0.2) is 18.7 Å². The summed E-state index contributed by atoms with van der Waals surface area (Å²) in [7, 11) is 0. The topological polar surface area (TPSA) is 72.0 Å². The normalized spacial score (nSPS) is 16.1. The third-order valence-electron chi connectivity index (χ3n) is 4.73. The number of thiazole rings is 1. The summed E-state index contributed by atoms with van der Waals surface area (Å²) in [5.41, 5.74) is 0.447. The standard InChI is InChI=1S/C21H17F2N5OS/c22-13-3-1-4-14(23)20(13)21-26-15-11-25-18(9-16(15)30-21)27-17-5-2-6-19(28-17)29-12-7-8-24-10-12/h1-6,9,11-12,24H,7-8,10H2,(H,25,27,28)/t12-/m0/s1. The first-order valence-corrected chi connectivity index (χ1v) is 10.3. The van der Waals surface area contributed by atoms with E-state index in [1.807, 2.05) is 18.2 Å². The van der Waals surface area contributed by atoms with Crippen molar-refractivity contribution in [3.05, 3.63) is 60.3 Å². The molecule has 4 aromatic rings. The molecule has 0 aliphatic carbocycles. The fourth-order valence-corrected chi connectivity index (χ4v) is 4.31. The number of nitrogens with one attached hydrogen (secondary N) is 2. The molecular formula is C21H17F2N5OS. The number of halogens is 2. The first kappa shape index (κ1) is 18.8. The minimum atomic E-state index is -0.640. The summed E-state index contributed by atoms with van der Waals surface area (Å²) in [6.45, 7) is 1.76. The number of rotatable bonds is 5. The molecule has 2 N–H and O–H groups in total. The minimum absolute atomic E-state index is 0.122. The molecular weight excluding hydrogens is 408 g/mol. The van der Waals surface area contributed by atoms with Gasteiger partial charge in [-0.15, -0.1) is 11.3 Å². The molecule has 0 bridgehead atoms. The summed E-state index contributed by atoms with van der Waals surface area (Å²) in [5, 5.41) is 6.68. The van der Waals surface area contributed by atoms with Gasteiger partial charge < -0.3 is 15.4 Å². The lowest BCUT2D eigenvalue weighted by atomic mass is 10.2. The number of hydrogen-bond acceptors (Lipinski definition) is 7. The lowest BCUT2D eigenvalue weighted by Crippen LogP contribution is -2.20. The van der Waals surface area contributed by atoms with Crippen LogP contribution in [0.4, 0.5) is 20.4 Å². The first-order valence-electron chi connectivity index (χ1n) is 9.48. The Labute approximate surface area is 175 Å². The molecule has 1 saturated heterocycles. The van der Waals surface area contributed by atoms with Gasteiger partial charge >= 0.3 is 0 Å². The van der Waals surface area contributed by atoms with E-state index in [9.17, 15) is 8.78 Å². The molecule has 0 unspecified atom stereocenters. The minimum Gasteiger partial charge on any atom is -0.473 e. The van der Waals surface area contributed by atoms with E-state index in [4.69, 9.17) is 4.74 Å². The highest BCUT2D eigenvalue weighted by Crippen LogP contribution is 2.34. The Morgan fingerprint density at radius 1 is 1.07 bits per heavy atom. The molecule has 1 aromatic carbocycles. The maximum absolute atomic E-state index is 14.1. The molecule has 3 aromatic heterocycles. The lowest BCUT2D eigenvalue weighted by Gasteiger charge is -2.12. The van der Waals surface area contributed by atoms with Crippen LogP contribution >= 0.6 is 11.3 Å². The molecule has 0 spiro atoms. The Balaban J connectivity index is 1.39. The molecule has 0 amide bonds. The summed E-state index contributed by atoms with van der Waals surface area (Å²) in [6, 6.07) is 11.1. The number of aromatic nitrogens is 3. The Bertz CT molecular complexity index is 1190. The van der Waals surface area contributed by atoms with E-state index in [-0.39, 0.29) is 16.7 Å². The van der Waals surface area contributed by atoms with Gasteiger partial charge in [-0.3, -0.25) is 0 Å². The van der Waals surface area contributed by atoms with Crippen LogP contribution in [-0.4, -0.2) is 34.1 Å². The van der Waals surface area contributed by atoms with Gasteiger partial charge in [0.2, 0.25) is 5.88 Å². The van der Waals surface area contributed by atoms with Gasteiger partial charge in [-0.2, -0.15) is 4.98 Å². The van der Waals surface area contributed by atoms with Crippen molar-refractivity contribution in [3.8, 4) is 16.5 Å². The van der Waals surface area contributed by atoms with Crippen molar-refractivity contribution in [2.45, 2.75) is 12.5 Å². The Kier molecular flexibility index (Phi) is 4.97. The number of hydrogen-bond donors (Lipinski definition) is 2. The van der Waals surface area contributed by atoms with Crippen LogP contribution in [0.15, 0.2) is 48.7 Å². The van der Waals surface area contributed by atoms with Crippen LogP contribution in [0.1, 0.15) is 6.42 Å². The van der Waals surface area contributed by atoms with E-state index in [0.29, 0.717) is 23.0 Å². The largest absolute Gasteiger partial charge is 0.473 e. The number of anilines is 2. The van der Waals surface area contributed by atoms with Crippen molar-refractivity contribution in [2.75, 3.05) is 18.4 Å². The van der Waals surface area contributed by atoms with Crippen molar-refractivity contribution in [1.29, 1.82) is 0 Å². The van der Waals surface area contributed by atoms with Crippen molar-refractivity contribution in [2.24, 2.45) is 0 Å². The van der Waals surface area contributed by atoms with Gasteiger partial charge in [-0.05, 0) is 31.2 Å². The van der Waals surface area contributed by atoms with Crippen molar-refractivity contribution in [3.63, 3.8) is 0 Å². The van der Waals surface area contributed by atoms with Gasteiger partial charge in [0.15, 0.2) is 0 Å². The van der Waals surface area contributed by atoms with E-state index in [1.165, 1.54) is 29.5 Å². The Morgan fingerprint density at radius 3 is 2.70 bits per heavy atom. The van der Waals surface area contributed by atoms with Gasteiger partial charge in [0.1, 0.15) is 39.9 Å². The van der Waals surface area contributed by atoms with Gasteiger partial charge in [0.05, 0.1) is 16.5 Å². The molecule has 152 valence electrons. The summed E-state index contributed by atoms with van der Waals surface area (Å²) in [5.74, 6) is 0.414. The smallest absolute Gasteiger partial charge is 0.215 e. The van der Waals surface area contributed by atoms with Crippen LogP contribution < -0.4 is 15.4 Å². The highest BCUT2D eigenvalue weighted by Gasteiger charge is 2.17. The third kappa shape index (κ3) is 3.81. The van der Waals surface area contributed by atoms with E-state index in [2.05, 4.69) is 25.6 Å². The monoisotopic (exact) mass is 425 g/mol. The molecule has 1 atom stereocenters. The second kappa shape index (κ2) is 7.92. The first-order chi connectivity index (χ1) is 14.7. The number of nitrogens with zero attached hydrogens (tertiary/aromatic N) is 3. The predicted molar refractivity (Wildman–Crippen MR) is 112 cm³/mol. The van der Waals surface area contributed by atoms with E-state index < -0.39 is 11.6 Å². The zero-order valence-electron chi connectivity index (χ0n) is 15.7.